The number of carbonyl (C=O) groups is 2. The van der Waals surface area contributed by atoms with Crippen LogP contribution in [0, 0.1) is 11.8 Å². The number of carbonyl (C=O) groups excluding carboxylic acids is 2. The minimum absolute atomic E-state index is 0.0313. The van der Waals surface area contributed by atoms with Crippen LogP contribution in [0.4, 0.5) is 0 Å². The average Bonchev–Trinajstić information content (AvgIpc) is 2.74. The Labute approximate surface area is 124 Å². The second kappa shape index (κ2) is 4.06. The highest BCUT2D eigenvalue weighted by molar-refractivity contribution is 6.07. The second-order valence-electron chi connectivity index (χ2n) is 6.42. The van der Waals surface area contributed by atoms with Gasteiger partial charge in [0.1, 0.15) is 0 Å². The maximum absolute atomic E-state index is 12.7. The molecule has 1 heterocycles. The normalized spacial score (nSPS) is 33.6. The highest BCUT2D eigenvalue weighted by atomic mass is 16.2. The van der Waals surface area contributed by atoms with Crippen LogP contribution in [0.15, 0.2) is 35.4 Å². The summed E-state index contributed by atoms with van der Waals surface area (Å²) in [7, 11) is 0. The van der Waals surface area contributed by atoms with Crippen molar-refractivity contribution in [3.63, 3.8) is 0 Å². The molecule has 4 atom stereocenters. The van der Waals surface area contributed by atoms with Crippen LogP contribution < -0.4 is 0 Å². The van der Waals surface area contributed by atoms with Gasteiger partial charge in [0.05, 0.1) is 11.8 Å². The number of nitrogens with zero attached hydrogens (tertiary/aromatic N) is 1. The number of amides is 2. The van der Waals surface area contributed by atoms with Gasteiger partial charge < -0.3 is 0 Å². The van der Waals surface area contributed by atoms with E-state index in [1.807, 2.05) is 19.1 Å². The summed E-state index contributed by atoms with van der Waals surface area (Å²) < 4.78 is 0. The number of benzene rings is 1. The lowest BCUT2D eigenvalue weighted by Gasteiger charge is -2.46. The Morgan fingerprint density at radius 2 is 1.33 bits per heavy atom. The third kappa shape index (κ3) is 1.34. The molecule has 1 aromatic rings. The van der Waals surface area contributed by atoms with Gasteiger partial charge in [-0.3, -0.25) is 14.5 Å². The first kappa shape index (κ1) is 12.8. The van der Waals surface area contributed by atoms with E-state index in [9.17, 15) is 9.59 Å². The number of rotatable bonds is 1. The molecule has 1 aromatic carbocycles. The van der Waals surface area contributed by atoms with Crippen molar-refractivity contribution in [1.29, 1.82) is 0 Å². The Balaban J connectivity index is 1.97. The van der Waals surface area contributed by atoms with Crippen LogP contribution in [-0.4, -0.2) is 23.3 Å². The van der Waals surface area contributed by atoms with Gasteiger partial charge in [-0.05, 0) is 31.9 Å². The summed E-state index contributed by atoms with van der Waals surface area (Å²) in [6, 6.07) is 8.34. The quantitative estimate of drug-likeness (QED) is 0.586. The highest BCUT2D eigenvalue weighted by Crippen LogP contribution is 2.60. The second-order valence-corrected chi connectivity index (χ2v) is 6.42. The van der Waals surface area contributed by atoms with Crippen LogP contribution in [0.5, 0.6) is 0 Å². The van der Waals surface area contributed by atoms with Gasteiger partial charge >= 0.3 is 0 Å². The largest absolute Gasteiger partial charge is 0.282 e. The lowest BCUT2D eigenvalue weighted by Crippen LogP contribution is -2.40. The van der Waals surface area contributed by atoms with Crippen LogP contribution in [0.25, 0.3) is 0 Å². The fourth-order valence-corrected chi connectivity index (χ4v) is 4.75. The van der Waals surface area contributed by atoms with Crippen LogP contribution in [-0.2, 0) is 9.59 Å². The third-order valence-electron chi connectivity index (χ3n) is 5.74. The number of hydrogen-bond acceptors (Lipinski definition) is 2. The summed E-state index contributed by atoms with van der Waals surface area (Å²) >= 11 is 0. The fourth-order valence-electron chi connectivity index (χ4n) is 4.75. The molecule has 2 bridgehead atoms. The number of allylic oxidation sites excluding steroid dienone is 2. The van der Waals surface area contributed by atoms with Gasteiger partial charge in [-0.15, -0.1) is 0 Å². The van der Waals surface area contributed by atoms with Gasteiger partial charge in [0.15, 0.2) is 0 Å². The van der Waals surface area contributed by atoms with Crippen molar-refractivity contribution in [3.05, 3.63) is 46.5 Å². The Bertz CT molecular complexity index is 646. The summed E-state index contributed by atoms with van der Waals surface area (Å²) in [5, 5.41) is 0. The molecule has 3 nitrogen and oxygen atoms in total. The molecule has 21 heavy (non-hydrogen) atoms. The number of imide groups is 1. The molecule has 0 N–H and O–H groups in total. The van der Waals surface area contributed by atoms with Crippen LogP contribution in [0.1, 0.15) is 43.7 Å². The molecule has 3 heteroatoms. The zero-order valence-electron chi connectivity index (χ0n) is 12.6. The van der Waals surface area contributed by atoms with E-state index < -0.39 is 0 Å². The summed E-state index contributed by atoms with van der Waals surface area (Å²) in [4.78, 5) is 26.9. The van der Waals surface area contributed by atoms with E-state index in [4.69, 9.17) is 0 Å². The first-order chi connectivity index (χ1) is 10.1. The molecule has 0 radical (unpaired) electrons. The molecule has 108 valence electrons. The Morgan fingerprint density at radius 3 is 1.71 bits per heavy atom. The van der Waals surface area contributed by atoms with Crippen LogP contribution >= 0.6 is 0 Å². The molecular formula is C18H19NO2. The van der Waals surface area contributed by atoms with Crippen molar-refractivity contribution in [1.82, 2.24) is 4.90 Å². The van der Waals surface area contributed by atoms with Crippen molar-refractivity contribution < 1.29 is 9.59 Å². The maximum atomic E-state index is 12.7. The zero-order chi connectivity index (χ0) is 14.9. The van der Waals surface area contributed by atoms with E-state index in [0.29, 0.717) is 6.54 Å². The van der Waals surface area contributed by atoms with Gasteiger partial charge in [-0.2, -0.15) is 0 Å². The van der Waals surface area contributed by atoms with Gasteiger partial charge in [0.25, 0.3) is 0 Å². The number of hydrogen-bond donors (Lipinski definition) is 0. The maximum Gasteiger partial charge on any atom is 0.234 e. The molecule has 3 aliphatic carbocycles. The van der Waals surface area contributed by atoms with Crippen molar-refractivity contribution in [3.8, 4) is 0 Å². The molecule has 1 saturated heterocycles. The Morgan fingerprint density at radius 1 is 0.905 bits per heavy atom. The summed E-state index contributed by atoms with van der Waals surface area (Å²) in [5.74, 6) is -0.122. The van der Waals surface area contributed by atoms with Crippen LogP contribution in [0.2, 0.25) is 0 Å². The standard InChI is InChI=1S/C18H19NO2/c1-4-19-17(20)15-13-9(2)10(3)14(16(15)18(19)21)12-8-6-5-7-11(12)13/h5-8,13-16H,4H2,1-3H3/t13-,14+,15-,16+. The van der Waals surface area contributed by atoms with E-state index in [-0.39, 0.29) is 35.5 Å². The lowest BCUT2D eigenvalue weighted by atomic mass is 9.55. The van der Waals surface area contributed by atoms with E-state index in [0.717, 1.165) is 0 Å². The predicted octanol–water partition coefficient (Wildman–Crippen LogP) is 2.84. The summed E-state index contributed by atoms with van der Waals surface area (Å²) in [5.41, 5.74) is 5.09. The predicted molar refractivity (Wildman–Crippen MR) is 79.7 cm³/mol. The molecule has 5 rings (SSSR count). The van der Waals surface area contributed by atoms with Crippen molar-refractivity contribution in [2.24, 2.45) is 11.8 Å². The Hall–Kier alpha value is -1.90. The smallest absolute Gasteiger partial charge is 0.234 e. The molecule has 0 saturated carbocycles. The first-order valence-electron chi connectivity index (χ1n) is 7.69. The van der Waals surface area contributed by atoms with E-state index in [1.54, 1.807) is 0 Å². The van der Waals surface area contributed by atoms with Gasteiger partial charge in [-0.25, -0.2) is 0 Å². The zero-order valence-corrected chi connectivity index (χ0v) is 12.6. The fraction of sp³-hybridized carbons (Fsp3) is 0.444. The third-order valence-corrected chi connectivity index (χ3v) is 5.74. The Kier molecular flexibility index (Phi) is 2.48. The van der Waals surface area contributed by atoms with Crippen molar-refractivity contribution in [2.45, 2.75) is 32.6 Å². The lowest BCUT2D eigenvalue weighted by molar-refractivity contribution is -0.139. The molecule has 0 spiro atoms. The SMILES string of the molecule is CCN1C(=O)[C@@H]2[C@H](C1=O)[C@@H]1C(C)=C(C)[C@H]2c2ccccc21. The van der Waals surface area contributed by atoms with Gasteiger partial charge in [0.2, 0.25) is 11.8 Å². The molecule has 2 amide bonds. The minimum Gasteiger partial charge on any atom is -0.282 e. The monoisotopic (exact) mass is 281 g/mol. The van der Waals surface area contributed by atoms with Crippen molar-refractivity contribution >= 4 is 11.8 Å². The first-order valence-corrected chi connectivity index (χ1v) is 7.69. The topological polar surface area (TPSA) is 37.4 Å². The molecule has 0 aromatic heterocycles. The van der Waals surface area contributed by atoms with E-state index in [2.05, 4.69) is 26.0 Å². The summed E-state index contributed by atoms with van der Waals surface area (Å²) in [6.45, 7) is 6.63. The minimum atomic E-state index is -0.180. The highest BCUT2D eigenvalue weighted by Gasteiger charge is 2.60. The van der Waals surface area contributed by atoms with E-state index in [1.165, 1.54) is 27.2 Å². The molecule has 1 fully saturated rings. The van der Waals surface area contributed by atoms with E-state index >= 15 is 0 Å². The van der Waals surface area contributed by atoms with Gasteiger partial charge in [0, 0.05) is 18.4 Å². The van der Waals surface area contributed by atoms with Gasteiger partial charge in [-0.1, -0.05) is 35.4 Å². The number of likely N-dealkylation sites (tertiary alicyclic amines) is 1. The van der Waals surface area contributed by atoms with Crippen molar-refractivity contribution in [2.75, 3.05) is 6.54 Å². The summed E-state index contributed by atoms with van der Waals surface area (Å²) in [6.07, 6.45) is 0. The molecular weight excluding hydrogens is 262 g/mol. The molecule has 4 aliphatic rings. The average molecular weight is 281 g/mol. The van der Waals surface area contributed by atoms with Crippen LogP contribution in [0.3, 0.4) is 0 Å². The molecule has 1 aliphatic heterocycles. The molecule has 0 unspecified atom stereocenters.